The fourth-order valence-electron chi connectivity index (χ4n) is 3.26. The summed E-state index contributed by atoms with van der Waals surface area (Å²) in [6, 6.07) is 10.0. The van der Waals surface area contributed by atoms with Crippen LogP contribution in [0.1, 0.15) is 35.3 Å². The molecule has 0 saturated heterocycles. The van der Waals surface area contributed by atoms with Crippen molar-refractivity contribution in [2.75, 3.05) is 31.1 Å². The van der Waals surface area contributed by atoms with E-state index in [0.717, 1.165) is 35.4 Å². The summed E-state index contributed by atoms with van der Waals surface area (Å²) in [4.78, 5) is 21.1. The van der Waals surface area contributed by atoms with Gasteiger partial charge in [0.05, 0.1) is 36.4 Å². The van der Waals surface area contributed by atoms with Crippen LogP contribution in [0.4, 0.5) is 9.52 Å². The van der Waals surface area contributed by atoms with Crippen LogP contribution in [-0.4, -0.2) is 37.1 Å². The first-order valence-electron chi connectivity index (χ1n) is 9.72. The standard InChI is InChI=1S/C22H26FN3OS/c1-5-25(6-2)12-13-26(21(27)17-8-7-9-18(23)14-17)22-24-20-16(4)15(3)10-11-19(20)28-22/h7-11,14H,5-6,12-13H2,1-4H3/p+1. The SMILES string of the molecule is CC[NH+](CC)CCN(C(=O)c1cccc(F)c1)c1nc2c(C)c(C)ccc2s1. The Balaban J connectivity index is 2.00. The van der Waals surface area contributed by atoms with E-state index in [1.807, 2.05) is 0 Å². The molecule has 2 aromatic carbocycles. The normalized spacial score (nSPS) is 11.4. The molecule has 6 heteroatoms. The number of rotatable bonds is 7. The highest BCUT2D eigenvalue weighted by Gasteiger charge is 2.23. The molecular weight excluding hydrogens is 373 g/mol. The van der Waals surface area contributed by atoms with Crippen LogP contribution in [0.3, 0.4) is 0 Å². The van der Waals surface area contributed by atoms with E-state index in [2.05, 4.69) is 39.8 Å². The summed E-state index contributed by atoms with van der Waals surface area (Å²) in [7, 11) is 0. The van der Waals surface area contributed by atoms with E-state index in [9.17, 15) is 9.18 Å². The topological polar surface area (TPSA) is 37.6 Å². The summed E-state index contributed by atoms with van der Waals surface area (Å²) < 4.78 is 14.8. The largest absolute Gasteiger partial charge is 0.334 e. The number of amides is 1. The zero-order valence-electron chi connectivity index (χ0n) is 16.9. The second kappa shape index (κ2) is 8.80. The van der Waals surface area contributed by atoms with Gasteiger partial charge in [-0.15, -0.1) is 0 Å². The molecule has 3 rings (SSSR count). The molecule has 0 aliphatic rings. The Morgan fingerprint density at radius 2 is 1.93 bits per heavy atom. The first-order valence-corrected chi connectivity index (χ1v) is 10.5. The average molecular weight is 401 g/mol. The lowest BCUT2D eigenvalue weighted by atomic mass is 10.1. The lowest BCUT2D eigenvalue weighted by Crippen LogP contribution is -3.12. The van der Waals surface area contributed by atoms with Crippen LogP contribution in [-0.2, 0) is 0 Å². The molecule has 4 nitrogen and oxygen atoms in total. The number of halogens is 1. The van der Waals surface area contributed by atoms with Crippen molar-refractivity contribution in [2.45, 2.75) is 27.7 Å². The highest BCUT2D eigenvalue weighted by Crippen LogP contribution is 2.32. The predicted octanol–water partition coefficient (Wildman–Crippen LogP) is 3.62. The maximum absolute atomic E-state index is 13.7. The molecule has 1 amide bonds. The minimum Gasteiger partial charge on any atom is -0.334 e. The van der Waals surface area contributed by atoms with Crippen LogP contribution in [0.25, 0.3) is 10.2 Å². The summed E-state index contributed by atoms with van der Waals surface area (Å²) in [6.45, 7) is 11.8. The molecule has 0 aliphatic heterocycles. The van der Waals surface area contributed by atoms with E-state index in [0.29, 0.717) is 17.2 Å². The number of aromatic nitrogens is 1. The van der Waals surface area contributed by atoms with Crippen molar-refractivity contribution in [2.24, 2.45) is 0 Å². The van der Waals surface area contributed by atoms with E-state index in [1.165, 1.54) is 33.9 Å². The number of benzene rings is 2. The number of likely N-dealkylation sites (N-methyl/N-ethyl adjacent to an activating group) is 1. The van der Waals surface area contributed by atoms with Gasteiger partial charge >= 0.3 is 0 Å². The molecule has 0 aliphatic carbocycles. The van der Waals surface area contributed by atoms with Crippen molar-refractivity contribution in [3.63, 3.8) is 0 Å². The Labute approximate surface area is 169 Å². The number of fused-ring (bicyclic) bond motifs is 1. The van der Waals surface area contributed by atoms with E-state index in [-0.39, 0.29) is 5.91 Å². The molecule has 148 valence electrons. The first kappa shape index (κ1) is 20.4. The predicted molar refractivity (Wildman–Crippen MR) is 114 cm³/mol. The second-order valence-corrected chi connectivity index (χ2v) is 8.03. The lowest BCUT2D eigenvalue weighted by Gasteiger charge is -2.23. The zero-order chi connectivity index (χ0) is 20.3. The molecular formula is C22H27FN3OS+. The molecule has 28 heavy (non-hydrogen) atoms. The molecule has 0 radical (unpaired) electrons. The van der Waals surface area contributed by atoms with E-state index < -0.39 is 5.82 Å². The number of thiazole rings is 1. The molecule has 0 atom stereocenters. The minimum absolute atomic E-state index is 0.209. The first-order chi connectivity index (χ1) is 13.4. The molecule has 1 aromatic heterocycles. The molecule has 0 bridgehead atoms. The van der Waals surface area contributed by atoms with Gasteiger partial charge in [0.2, 0.25) is 0 Å². The second-order valence-electron chi connectivity index (χ2n) is 7.02. The summed E-state index contributed by atoms with van der Waals surface area (Å²) in [5.41, 5.74) is 3.60. The fraction of sp³-hybridized carbons (Fsp3) is 0.364. The number of carbonyl (C=O) groups is 1. The van der Waals surface area contributed by atoms with Gasteiger partial charge in [0.1, 0.15) is 5.82 Å². The molecule has 1 heterocycles. The van der Waals surface area contributed by atoms with Gasteiger partial charge < -0.3 is 4.90 Å². The lowest BCUT2D eigenvalue weighted by molar-refractivity contribution is -0.894. The Morgan fingerprint density at radius 3 is 2.61 bits per heavy atom. The molecule has 3 aromatic rings. The number of anilines is 1. The third-order valence-electron chi connectivity index (χ3n) is 5.31. The van der Waals surface area contributed by atoms with Crippen molar-refractivity contribution >= 4 is 32.6 Å². The smallest absolute Gasteiger partial charge is 0.260 e. The van der Waals surface area contributed by atoms with Gasteiger partial charge in [-0.1, -0.05) is 23.5 Å². The highest BCUT2D eigenvalue weighted by atomic mass is 32.1. The quantitative estimate of drug-likeness (QED) is 0.658. The molecule has 0 fully saturated rings. The van der Waals surface area contributed by atoms with Crippen LogP contribution in [0.15, 0.2) is 36.4 Å². The number of nitrogens with one attached hydrogen (secondary N) is 1. The summed E-state index contributed by atoms with van der Waals surface area (Å²) in [5.74, 6) is -0.615. The Bertz CT molecular complexity index is 981. The van der Waals surface area contributed by atoms with Crippen LogP contribution >= 0.6 is 11.3 Å². The van der Waals surface area contributed by atoms with Gasteiger partial charge in [-0.25, -0.2) is 9.37 Å². The monoisotopic (exact) mass is 400 g/mol. The van der Waals surface area contributed by atoms with Gasteiger partial charge in [-0.05, 0) is 63.1 Å². The fourth-order valence-corrected chi connectivity index (χ4v) is 4.31. The van der Waals surface area contributed by atoms with Crippen molar-refractivity contribution in [1.82, 2.24) is 4.98 Å². The molecule has 0 unspecified atom stereocenters. The number of carbonyl (C=O) groups excluding carboxylic acids is 1. The molecule has 0 spiro atoms. The van der Waals surface area contributed by atoms with Crippen LogP contribution in [0.5, 0.6) is 0 Å². The number of hydrogen-bond donors (Lipinski definition) is 1. The Morgan fingerprint density at radius 1 is 1.18 bits per heavy atom. The Kier molecular flexibility index (Phi) is 6.42. The van der Waals surface area contributed by atoms with Crippen LogP contribution in [0.2, 0.25) is 0 Å². The minimum atomic E-state index is -0.407. The van der Waals surface area contributed by atoms with Gasteiger partial charge in [0, 0.05) is 5.56 Å². The van der Waals surface area contributed by atoms with Crippen molar-refractivity contribution in [1.29, 1.82) is 0 Å². The summed E-state index contributed by atoms with van der Waals surface area (Å²) >= 11 is 1.51. The number of aryl methyl sites for hydroxylation is 2. The van der Waals surface area contributed by atoms with E-state index >= 15 is 0 Å². The summed E-state index contributed by atoms with van der Waals surface area (Å²) in [5, 5.41) is 0.671. The number of nitrogens with zero attached hydrogens (tertiary/aromatic N) is 2. The summed E-state index contributed by atoms with van der Waals surface area (Å²) in [6.07, 6.45) is 0. The van der Waals surface area contributed by atoms with Gasteiger partial charge in [-0.2, -0.15) is 0 Å². The van der Waals surface area contributed by atoms with E-state index in [4.69, 9.17) is 4.98 Å². The highest BCUT2D eigenvalue weighted by molar-refractivity contribution is 7.22. The van der Waals surface area contributed by atoms with Crippen molar-refractivity contribution < 1.29 is 14.1 Å². The third kappa shape index (κ3) is 4.23. The Hall–Kier alpha value is -2.31. The van der Waals surface area contributed by atoms with Crippen LogP contribution in [0, 0.1) is 19.7 Å². The zero-order valence-corrected chi connectivity index (χ0v) is 17.7. The van der Waals surface area contributed by atoms with Crippen molar-refractivity contribution in [3.05, 3.63) is 58.9 Å². The van der Waals surface area contributed by atoms with Crippen molar-refractivity contribution in [3.8, 4) is 0 Å². The average Bonchev–Trinajstić information content (AvgIpc) is 3.12. The maximum atomic E-state index is 13.7. The van der Waals surface area contributed by atoms with Gasteiger partial charge in [-0.3, -0.25) is 9.69 Å². The maximum Gasteiger partial charge on any atom is 0.260 e. The van der Waals surface area contributed by atoms with Gasteiger partial charge in [0.15, 0.2) is 5.13 Å². The molecule has 0 saturated carbocycles. The number of quaternary nitrogens is 1. The number of hydrogen-bond acceptors (Lipinski definition) is 3. The molecule has 1 N–H and O–H groups in total. The van der Waals surface area contributed by atoms with Crippen LogP contribution < -0.4 is 9.80 Å². The third-order valence-corrected chi connectivity index (χ3v) is 6.35. The van der Waals surface area contributed by atoms with Gasteiger partial charge in [0.25, 0.3) is 5.91 Å². The van der Waals surface area contributed by atoms with E-state index in [1.54, 1.807) is 17.0 Å².